The highest BCUT2D eigenvalue weighted by Crippen LogP contribution is 2.45. The van der Waals surface area contributed by atoms with Crippen LogP contribution in [0.1, 0.15) is 43.7 Å². The highest BCUT2D eigenvalue weighted by Gasteiger charge is 2.36. The molecule has 1 aliphatic rings. The third-order valence-electron chi connectivity index (χ3n) is 5.04. The van der Waals surface area contributed by atoms with E-state index in [9.17, 15) is 0 Å². The molecule has 0 unspecified atom stereocenters. The second kappa shape index (κ2) is 5.13. The minimum absolute atomic E-state index is 0.383. The summed E-state index contributed by atoms with van der Waals surface area (Å²) in [7, 11) is 0. The Labute approximate surface area is 125 Å². The molecule has 1 aliphatic carbocycles. The van der Waals surface area contributed by atoms with Gasteiger partial charge >= 0.3 is 0 Å². The summed E-state index contributed by atoms with van der Waals surface area (Å²) in [4.78, 5) is 0. The first-order valence-corrected chi connectivity index (χ1v) is 7.68. The average molecular weight is 285 g/mol. The van der Waals surface area contributed by atoms with E-state index in [1.807, 2.05) is 17.7 Å². The number of hydrogen-bond acceptors (Lipinski definition) is 4. The molecule has 1 fully saturated rings. The fourth-order valence-electron chi connectivity index (χ4n) is 3.23. The minimum atomic E-state index is 0.383. The molecule has 0 spiro atoms. The van der Waals surface area contributed by atoms with E-state index >= 15 is 0 Å². The standard InChI is InChI=1S/C16H23N5/c1-4-16(6-5-7-16)10-21-15(18-19-20-21)13-9-14(17)12(3)8-11(13)2/h8-9H,4-7,10,17H2,1-3H3. The molecular formula is C16H23N5. The van der Waals surface area contributed by atoms with Crippen LogP contribution >= 0.6 is 0 Å². The summed E-state index contributed by atoms with van der Waals surface area (Å²) in [5.41, 5.74) is 10.5. The van der Waals surface area contributed by atoms with E-state index in [1.54, 1.807) is 0 Å². The number of nitrogens with zero attached hydrogens (tertiary/aromatic N) is 4. The van der Waals surface area contributed by atoms with Gasteiger partial charge in [-0.3, -0.25) is 0 Å². The van der Waals surface area contributed by atoms with Crippen LogP contribution in [-0.4, -0.2) is 20.2 Å². The van der Waals surface area contributed by atoms with Crippen molar-refractivity contribution in [1.29, 1.82) is 0 Å². The predicted molar refractivity (Wildman–Crippen MR) is 83.7 cm³/mol. The summed E-state index contributed by atoms with van der Waals surface area (Å²) in [5.74, 6) is 0.832. The number of rotatable bonds is 4. The van der Waals surface area contributed by atoms with Gasteiger partial charge in [-0.2, -0.15) is 0 Å². The lowest BCUT2D eigenvalue weighted by Crippen LogP contribution is -2.34. The van der Waals surface area contributed by atoms with Gasteiger partial charge in [0.25, 0.3) is 0 Å². The molecule has 0 bridgehead atoms. The van der Waals surface area contributed by atoms with Gasteiger partial charge < -0.3 is 5.73 Å². The Bertz CT molecular complexity index is 649. The second-order valence-corrected chi connectivity index (χ2v) is 6.39. The van der Waals surface area contributed by atoms with Crippen molar-refractivity contribution in [2.45, 2.75) is 53.0 Å². The summed E-state index contributed by atoms with van der Waals surface area (Å²) >= 11 is 0. The van der Waals surface area contributed by atoms with E-state index in [-0.39, 0.29) is 0 Å². The Balaban J connectivity index is 1.97. The first kappa shape index (κ1) is 14.0. The summed E-state index contributed by atoms with van der Waals surface area (Å²) in [6, 6.07) is 4.09. The molecule has 0 atom stereocenters. The monoisotopic (exact) mass is 285 g/mol. The highest BCUT2D eigenvalue weighted by atomic mass is 15.5. The number of aryl methyl sites for hydroxylation is 2. The van der Waals surface area contributed by atoms with E-state index in [1.165, 1.54) is 25.7 Å². The van der Waals surface area contributed by atoms with Crippen molar-refractivity contribution in [2.24, 2.45) is 5.41 Å². The summed E-state index contributed by atoms with van der Waals surface area (Å²) in [5, 5.41) is 12.3. The lowest BCUT2D eigenvalue weighted by atomic mass is 9.67. The van der Waals surface area contributed by atoms with E-state index in [4.69, 9.17) is 5.73 Å². The number of nitrogens with two attached hydrogens (primary N) is 1. The molecule has 0 amide bonds. The predicted octanol–water partition coefficient (Wildman–Crippen LogP) is 3.12. The van der Waals surface area contributed by atoms with Gasteiger partial charge in [-0.05, 0) is 66.1 Å². The molecule has 21 heavy (non-hydrogen) atoms. The average Bonchev–Trinajstić information content (AvgIpc) is 2.86. The van der Waals surface area contributed by atoms with Gasteiger partial charge in [-0.15, -0.1) is 5.10 Å². The van der Waals surface area contributed by atoms with E-state index in [0.29, 0.717) is 5.41 Å². The lowest BCUT2D eigenvalue weighted by molar-refractivity contribution is 0.0948. The molecule has 5 heteroatoms. The SMILES string of the molecule is CCC1(Cn2nnnc2-c2cc(N)c(C)cc2C)CCC1. The van der Waals surface area contributed by atoms with Gasteiger partial charge in [0.2, 0.25) is 0 Å². The van der Waals surface area contributed by atoms with E-state index in [2.05, 4.69) is 35.4 Å². The van der Waals surface area contributed by atoms with Crippen LogP contribution in [0.3, 0.4) is 0 Å². The topological polar surface area (TPSA) is 69.6 Å². The fourth-order valence-corrected chi connectivity index (χ4v) is 3.23. The number of nitrogen functional groups attached to an aromatic ring is 1. The highest BCUT2D eigenvalue weighted by molar-refractivity contribution is 5.67. The van der Waals surface area contributed by atoms with Crippen LogP contribution in [0.5, 0.6) is 0 Å². The maximum Gasteiger partial charge on any atom is 0.182 e. The first-order chi connectivity index (χ1) is 10.0. The van der Waals surface area contributed by atoms with Crippen LogP contribution in [0.15, 0.2) is 12.1 Å². The molecule has 1 aromatic heterocycles. The Kier molecular flexibility index (Phi) is 3.43. The van der Waals surface area contributed by atoms with Crippen LogP contribution in [0.25, 0.3) is 11.4 Å². The Hall–Kier alpha value is -1.91. The smallest absolute Gasteiger partial charge is 0.182 e. The third kappa shape index (κ3) is 2.41. The zero-order valence-corrected chi connectivity index (χ0v) is 13.1. The van der Waals surface area contributed by atoms with Crippen molar-refractivity contribution < 1.29 is 0 Å². The van der Waals surface area contributed by atoms with Gasteiger partial charge in [0.1, 0.15) is 0 Å². The van der Waals surface area contributed by atoms with Crippen LogP contribution in [0.4, 0.5) is 5.69 Å². The number of aromatic nitrogens is 4. The largest absolute Gasteiger partial charge is 0.398 e. The maximum absolute atomic E-state index is 6.06. The fraction of sp³-hybridized carbons (Fsp3) is 0.562. The van der Waals surface area contributed by atoms with Gasteiger partial charge in [-0.1, -0.05) is 19.4 Å². The molecule has 0 saturated heterocycles. The summed E-state index contributed by atoms with van der Waals surface area (Å²) < 4.78 is 1.96. The third-order valence-corrected chi connectivity index (χ3v) is 5.04. The zero-order chi connectivity index (χ0) is 15.0. The molecule has 2 aromatic rings. The normalized spacial score (nSPS) is 16.7. The summed E-state index contributed by atoms with van der Waals surface area (Å²) in [6.45, 7) is 7.27. The molecule has 0 radical (unpaired) electrons. The number of tetrazole rings is 1. The quantitative estimate of drug-likeness (QED) is 0.876. The number of benzene rings is 1. The molecule has 3 rings (SSSR count). The zero-order valence-electron chi connectivity index (χ0n) is 13.1. The molecule has 1 saturated carbocycles. The van der Waals surface area contributed by atoms with Crippen LogP contribution in [0, 0.1) is 19.3 Å². The van der Waals surface area contributed by atoms with E-state index < -0.39 is 0 Å². The molecule has 2 N–H and O–H groups in total. The Morgan fingerprint density at radius 3 is 2.62 bits per heavy atom. The van der Waals surface area contributed by atoms with Gasteiger partial charge in [0, 0.05) is 11.3 Å². The van der Waals surface area contributed by atoms with Crippen molar-refractivity contribution in [1.82, 2.24) is 20.2 Å². The molecule has 1 aromatic carbocycles. The van der Waals surface area contributed by atoms with Crippen molar-refractivity contribution in [3.63, 3.8) is 0 Å². The number of anilines is 1. The first-order valence-electron chi connectivity index (χ1n) is 7.68. The molecular weight excluding hydrogens is 262 g/mol. The molecule has 5 nitrogen and oxygen atoms in total. The van der Waals surface area contributed by atoms with Crippen LogP contribution in [0.2, 0.25) is 0 Å². The molecule has 0 aliphatic heterocycles. The molecule has 112 valence electrons. The summed E-state index contributed by atoms with van der Waals surface area (Å²) in [6.07, 6.45) is 5.05. The van der Waals surface area contributed by atoms with Crippen LogP contribution in [-0.2, 0) is 6.54 Å². The van der Waals surface area contributed by atoms with Crippen molar-refractivity contribution in [3.8, 4) is 11.4 Å². The minimum Gasteiger partial charge on any atom is -0.398 e. The number of hydrogen-bond donors (Lipinski definition) is 1. The van der Waals surface area contributed by atoms with Gasteiger partial charge in [0.15, 0.2) is 5.82 Å². The van der Waals surface area contributed by atoms with Gasteiger partial charge in [-0.25, -0.2) is 4.68 Å². The van der Waals surface area contributed by atoms with Crippen LogP contribution < -0.4 is 5.73 Å². The van der Waals surface area contributed by atoms with Crippen molar-refractivity contribution in [2.75, 3.05) is 5.73 Å². The molecule has 1 heterocycles. The lowest BCUT2D eigenvalue weighted by Gasteiger charge is -2.41. The van der Waals surface area contributed by atoms with E-state index in [0.717, 1.165) is 34.7 Å². The Morgan fingerprint density at radius 1 is 1.24 bits per heavy atom. The van der Waals surface area contributed by atoms with Gasteiger partial charge in [0.05, 0.1) is 6.54 Å². The van der Waals surface area contributed by atoms with Crippen molar-refractivity contribution in [3.05, 3.63) is 23.3 Å². The Morgan fingerprint density at radius 2 is 2.00 bits per heavy atom. The maximum atomic E-state index is 6.06. The van der Waals surface area contributed by atoms with Crippen molar-refractivity contribution >= 4 is 5.69 Å². The second-order valence-electron chi connectivity index (χ2n) is 6.39.